The van der Waals surface area contributed by atoms with Gasteiger partial charge in [-0.3, -0.25) is 9.89 Å². The number of hydrogen-bond acceptors (Lipinski definition) is 2. The summed E-state index contributed by atoms with van der Waals surface area (Å²) in [6.45, 7) is 4.38. The molecule has 0 atom stereocenters. The van der Waals surface area contributed by atoms with E-state index in [9.17, 15) is 4.79 Å². The Morgan fingerprint density at radius 2 is 2.57 bits per heavy atom. The number of carbonyl (C=O) groups excluding carboxylic acids is 1. The summed E-state index contributed by atoms with van der Waals surface area (Å²) >= 11 is 0. The van der Waals surface area contributed by atoms with Gasteiger partial charge in [-0.15, -0.1) is 6.58 Å². The second kappa shape index (κ2) is 5.21. The number of rotatable bonds is 5. The minimum atomic E-state index is 0.00260. The van der Waals surface area contributed by atoms with Crippen LogP contribution in [0.4, 0.5) is 0 Å². The van der Waals surface area contributed by atoms with Gasteiger partial charge in [-0.1, -0.05) is 6.08 Å². The monoisotopic (exact) mass is 193 g/mol. The van der Waals surface area contributed by atoms with Crippen molar-refractivity contribution >= 4 is 5.91 Å². The maximum Gasteiger partial charge on any atom is 0.256 e. The van der Waals surface area contributed by atoms with E-state index in [1.165, 1.54) is 6.20 Å². The van der Waals surface area contributed by atoms with Crippen LogP contribution in [0.5, 0.6) is 0 Å². The molecule has 1 aromatic heterocycles. The van der Waals surface area contributed by atoms with Crippen molar-refractivity contribution < 1.29 is 4.79 Å². The first kappa shape index (κ1) is 10.5. The van der Waals surface area contributed by atoms with Gasteiger partial charge in [0.05, 0.1) is 11.8 Å². The zero-order chi connectivity index (χ0) is 10.4. The number of amides is 1. The van der Waals surface area contributed by atoms with Crippen LogP contribution in [0.2, 0.25) is 0 Å². The van der Waals surface area contributed by atoms with Crippen molar-refractivity contribution in [3.8, 4) is 0 Å². The number of H-pyrrole nitrogens is 1. The standard InChI is InChI=1S/C10H15N3O/c1-3-4-5-6-13(2)10(14)9-7-11-12-8-9/h3,7-8H,1,4-6H2,2H3,(H,11,12). The second-order valence-electron chi connectivity index (χ2n) is 3.14. The first-order valence-corrected chi connectivity index (χ1v) is 4.61. The number of allylic oxidation sites excluding steroid dienone is 1. The SMILES string of the molecule is C=CCCCN(C)C(=O)c1cn[nH]c1. The molecule has 1 amide bonds. The quantitative estimate of drug-likeness (QED) is 0.568. The first-order chi connectivity index (χ1) is 6.75. The van der Waals surface area contributed by atoms with Gasteiger partial charge in [-0.2, -0.15) is 5.10 Å². The number of nitrogens with one attached hydrogen (secondary N) is 1. The summed E-state index contributed by atoms with van der Waals surface area (Å²) < 4.78 is 0. The van der Waals surface area contributed by atoms with Gasteiger partial charge in [0.25, 0.3) is 5.91 Å². The summed E-state index contributed by atoms with van der Waals surface area (Å²) in [5, 5.41) is 6.35. The Hall–Kier alpha value is -1.58. The lowest BCUT2D eigenvalue weighted by atomic mass is 10.2. The van der Waals surface area contributed by atoms with Crippen molar-refractivity contribution in [3.05, 3.63) is 30.6 Å². The number of unbranched alkanes of at least 4 members (excludes halogenated alkanes) is 1. The van der Waals surface area contributed by atoms with Crippen molar-refractivity contribution in [2.75, 3.05) is 13.6 Å². The molecule has 0 unspecified atom stereocenters. The molecule has 1 aromatic rings. The van der Waals surface area contributed by atoms with Gasteiger partial charge in [0.15, 0.2) is 0 Å². The Bertz CT molecular complexity index is 292. The molecule has 0 aromatic carbocycles. The lowest BCUT2D eigenvalue weighted by molar-refractivity contribution is 0.0794. The molecule has 76 valence electrons. The third-order valence-electron chi connectivity index (χ3n) is 1.99. The summed E-state index contributed by atoms with van der Waals surface area (Å²) in [6, 6.07) is 0. The summed E-state index contributed by atoms with van der Waals surface area (Å²) in [6.07, 6.45) is 6.88. The van der Waals surface area contributed by atoms with Gasteiger partial charge in [0, 0.05) is 19.8 Å². The Kier molecular flexibility index (Phi) is 3.91. The highest BCUT2D eigenvalue weighted by atomic mass is 16.2. The van der Waals surface area contributed by atoms with Crippen LogP contribution in [-0.2, 0) is 0 Å². The van der Waals surface area contributed by atoms with Crippen molar-refractivity contribution in [1.82, 2.24) is 15.1 Å². The lowest BCUT2D eigenvalue weighted by Crippen LogP contribution is -2.27. The number of nitrogens with zero attached hydrogens (tertiary/aromatic N) is 2. The minimum Gasteiger partial charge on any atom is -0.342 e. The molecule has 0 aliphatic carbocycles. The van der Waals surface area contributed by atoms with E-state index in [1.54, 1.807) is 18.1 Å². The third kappa shape index (κ3) is 2.73. The van der Waals surface area contributed by atoms with Crippen LogP contribution < -0.4 is 0 Å². The van der Waals surface area contributed by atoms with Crippen molar-refractivity contribution in [2.24, 2.45) is 0 Å². The smallest absolute Gasteiger partial charge is 0.256 e. The zero-order valence-electron chi connectivity index (χ0n) is 8.36. The molecule has 0 saturated heterocycles. The van der Waals surface area contributed by atoms with Crippen molar-refractivity contribution in [1.29, 1.82) is 0 Å². The van der Waals surface area contributed by atoms with Gasteiger partial charge in [0.2, 0.25) is 0 Å². The summed E-state index contributed by atoms with van der Waals surface area (Å²) in [4.78, 5) is 13.3. The van der Waals surface area contributed by atoms with Crippen molar-refractivity contribution in [3.63, 3.8) is 0 Å². The molecule has 0 spiro atoms. The second-order valence-corrected chi connectivity index (χ2v) is 3.14. The van der Waals surface area contributed by atoms with Gasteiger partial charge >= 0.3 is 0 Å². The summed E-state index contributed by atoms with van der Waals surface area (Å²) in [5.41, 5.74) is 0.603. The van der Waals surface area contributed by atoms with Crippen molar-refractivity contribution in [2.45, 2.75) is 12.8 Å². The Morgan fingerprint density at radius 1 is 1.79 bits per heavy atom. The Labute approximate surface area is 83.6 Å². The Morgan fingerprint density at radius 3 is 3.14 bits per heavy atom. The first-order valence-electron chi connectivity index (χ1n) is 4.61. The van der Waals surface area contributed by atoms with Crippen LogP contribution in [0, 0.1) is 0 Å². The van der Waals surface area contributed by atoms with Gasteiger partial charge in [-0.25, -0.2) is 0 Å². The normalized spacial score (nSPS) is 9.79. The zero-order valence-corrected chi connectivity index (χ0v) is 8.36. The van der Waals surface area contributed by atoms with E-state index < -0.39 is 0 Å². The number of carbonyl (C=O) groups is 1. The molecule has 1 rings (SSSR count). The van der Waals surface area contributed by atoms with Gasteiger partial charge < -0.3 is 4.90 Å². The highest BCUT2D eigenvalue weighted by Gasteiger charge is 2.11. The molecular formula is C10H15N3O. The predicted octanol–water partition coefficient (Wildman–Crippen LogP) is 1.45. The van der Waals surface area contributed by atoms with E-state index in [-0.39, 0.29) is 5.91 Å². The average Bonchev–Trinajstić information content (AvgIpc) is 2.69. The van der Waals surface area contributed by atoms with Crippen LogP contribution in [0.1, 0.15) is 23.2 Å². The highest BCUT2D eigenvalue weighted by molar-refractivity contribution is 5.93. The van der Waals surface area contributed by atoms with Crippen LogP contribution in [-0.4, -0.2) is 34.6 Å². The minimum absolute atomic E-state index is 0.00260. The van der Waals surface area contributed by atoms with E-state index in [0.29, 0.717) is 5.56 Å². The maximum atomic E-state index is 11.6. The lowest BCUT2D eigenvalue weighted by Gasteiger charge is -2.15. The molecule has 4 heteroatoms. The maximum absolute atomic E-state index is 11.6. The molecule has 0 radical (unpaired) electrons. The fourth-order valence-corrected chi connectivity index (χ4v) is 1.16. The molecule has 1 N–H and O–H groups in total. The Balaban J connectivity index is 2.41. The van der Waals surface area contributed by atoms with Crippen LogP contribution in [0.25, 0.3) is 0 Å². The van der Waals surface area contributed by atoms with E-state index in [1.807, 2.05) is 6.08 Å². The highest BCUT2D eigenvalue weighted by Crippen LogP contribution is 2.01. The molecule has 0 aliphatic heterocycles. The largest absolute Gasteiger partial charge is 0.342 e. The average molecular weight is 193 g/mol. The van der Waals surface area contributed by atoms with Gasteiger partial charge in [0.1, 0.15) is 0 Å². The summed E-state index contributed by atoms with van der Waals surface area (Å²) in [5.74, 6) is 0.00260. The van der Waals surface area contributed by atoms with Crippen LogP contribution in [0.3, 0.4) is 0 Å². The van der Waals surface area contributed by atoms with E-state index in [2.05, 4.69) is 16.8 Å². The molecule has 14 heavy (non-hydrogen) atoms. The number of aromatic amines is 1. The molecule has 0 aliphatic rings. The number of aromatic nitrogens is 2. The molecular weight excluding hydrogens is 178 g/mol. The molecule has 1 heterocycles. The fourth-order valence-electron chi connectivity index (χ4n) is 1.16. The predicted molar refractivity (Wildman–Crippen MR) is 55.0 cm³/mol. The number of hydrogen-bond donors (Lipinski definition) is 1. The molecule has 0 saturated carbocycles. The van der Waals surface area contributed by atoms with Gasteiger partial charge in [-0.05, 0) is 12.8 Å². The van der Waals surface area contributed by atoms with E-state index in [0.717, 1.165) is 19.4 Å². The van der Waals surface area contributed by atoms with Crippen LogP contribution >= 0.6 is 0 Å². The molecule has 4 nitrogen and oxygen atoms in total. The third-order valence-corrected chi connectivity index (χ3v) is 1.99. The topological polar surface area (TPSA) is 49.0 Å². The molecule has 0 fully saturated rings. The van der Waals surface area contributed by atoms with Crippen LogP contribution in [0.15, 0.2) is 25.0 Å². The van der Waals surface area contributed by atoms with E-state index >= 15 is 0 Å². The summed E-state index contributed by atoms with van der Waals surface area (Å²) in [7, 11) is 1.79. The van der Waals surface area contributed by atoms with E-state index in [4.69, 9.17) is 0 Å². The molecule has 0 bridgehead atoms. The fraction of sp³-hybridized carbons (Fsp3) is 0.400.